The molecular formula is C28H21ClF2N4O4S. The Morgan fingerprint density at radius 3 is 2.25 bits per heavy atom. The molecule has 5 rings (SSSR count). The summed E-state index contributed by atoms with van der Waals surface area (Å²) in [5, 5.41) is 2.78. The van der Waals surface area contributed by atoms with Crippen molar-refractivity contribution >= 4 is 44.9 Å². The van der Waals surface area contributed by atoms with Crippen LogP contribution in [0.3, 0.4) is 0 Å². The first-order valence-corrected chi connectivity index (χ1v) is 13.2. The van der Waals surface area contributed by atoms with E-state index < -0.39 is 35.5 Å². The Kier molecular flexibility index (Phi) is 7.78. The molecule has 0 unspecified atom stereocenters. The number of halogens is 3. The summed E-state index contributed by atoms with van der Waals surface area (Å²) in [6.07, 6.45) is 0. The second-order valence-electron chi connectivity index (χ2n) is 8.61. The number of anilines is 1. The fraction of sp³-hybridized carbons (Fsp3) is 0.107. The molecule has 0 atom stereocenters. The lowest BCUT2D eigenvalue weighted by Crippen LogP contribution is -2.39. The van der Waals surface area contributed by atoms with E-state index in [9.17, 15) is 23.2 Å². The average molecular weight is 583 g/mol. The number of fused-ring (bicyclic) bond motifs is 1. The molecule has 12 heteroatoms. The fourth-order valence-electron chi connectivity index (χ4n) is 4.37. The molecule has 0 aliphatic carbocycles. The van der Waals surface area contributed by atoms with Gasteiger partial charge in [0, 0.05) is 27.6 Å². The quantitative estimate of drug-likeness (QED) is 0.192. The highest BCUT2D eigenvalue weighted by molar-refractivity contribution is 7.22. The molecule has 8 nitrogen and oxygen atoms in total. The van der Waals surface area contributed by atoms with Crippen LogP contribution in [-0.4, -0.2) is 22.3 Å². The van der Waals surface area contributed by atoms with Crippen molar-refractivity contribution in [2.75, 3.05) is 12.4 Å². The molecule has 0 spiro atoms. The molecule has 0 saturated carbocycles. The van der Waals surface area contributed by atoms with Crippen molar-refractivity contribution in [3.63, 3.8) is 0 Å². The maximum Gasteiger partial charge on any atom is 0.343 e. The van der Waals surface area contributed by atoms with Crippen molar-refractivity contribution in [1.82, 2.24) is 14.6 Å². The molecule has 0 aliphatic rings. The topological polar surface area (TPSA) is 94.4 Å². The van der Waals surface area contributed by atoms with Crippen LogP contribution in [-0.2, 0) is 17.3 Å². The van der Waals surface area contributed by atoms with Crippen LogP contribution >= 0.6 is 22.9 Å². The van der Waals surface area contributed by atoms with Crippen molar-refractivity contribution in [2.45, 2.75) is 12.4 Å². The molecule has 0 fully saturated rings. The zero-order chi connectivity index (χ0) is 28.4. The second-order valence-corrected chi connectivity index (χ2v) is 9.87. The van der Waals surface area contributed by atoms with Gasteiger partial charge in [0.25, 0.3) is 5.56 Å². The highest BCUT2D eigenvalue weighted by Crippen LogP contribution is 2.38. The summed E-state index contributed by atoms with van der Waals surface area (Å²) in [6, 6.07) is 17.9. The number of nitrogens with one attached hydrogen (secondary N) is 2. The minimum Gasteiger partial charge on any atom is -0.306 e. The van der Waals surface area contributed by atoms with Gasteiger partial charge in [-0.2, -0.15) is 0 Å². The van der Waals surface area contributed by atoms with Gasteiger partial charge < -0.3 is 5.32 Å². The van der Waals surface area contributed by atoms with E-state index in [1.54, 1.807) is 54.6 Å². The number of carbonyl (C=O) groups excluding carboxylic acids is 1. The number of rotatable bonds is 7. The Morgan fingerprint density at radius 2 is 1.62 bits per heavy atom. The van der Waals surface area contributed by atoms with Gasteiger partial charge in [0.1, 0.15) is 16.5 Å². The SMILES string of the molecule is CONC(=O)Nc1ccc(-c2sc3c(c2CCl)c(=O)n(-c2ccccc2)c(=O)n3Cc2c(F)cccc2F)cc1. The number of nitrogens with zero attached hydrogens (tertiary/aromatic N) is 2. The summed E-state index contributed by atoms with van der Waals surface area (Å²) in [5.41, 5.74) is 2.42. The van der Waals surface area contributed by atoms with Gasteiger partial charge in [-0.3, -0.25) is 14.2 Å². The number of hydrogen-bond acceptors (Lipinski definition) is 5. The maximum atomic E-state index is 14.7. The number of urea groups is 1. The van der Waals surface area contributed by atoms with Crippen LogP contribution in [0.15, 0.2) is 82.4 Å². The van der Waals surface area contributed by atoms with Gasteiger partial charge in [-0.1, -0.05) is 36.4 Å². The molecule has 0 aliphatic heterocycles. The number of hydroxylamine groups is 1. The minimum absolute atomic E-state index is 0.0676. The van der Waals surface area contributed by atoms with Gasteiger partial charge in [-0.05, 0) is 42.0 Å². The summed E-state index contributed by atoms with van der Waals surface area (Å²) in [4.78, 5) is 44.8. The largest absolute Gasteiger partial charge is 0.343 e. The lowest BCUT2D eigenvalue weighted by Gasteiger charge is -2.13. The monoisotopic (exact) mass is 582 g/mol. The van der Waals surface area contributed by atoms with Gasteiger partial charge in [0.2, 0.25) is 0 Å². The van der Waals surface area contributed by atoms with Gasteiger partial charge in [0.15, 0.2) is 0 Å². The second kappa shape index (κ2) is 11.4. The summed E-state index contributed by atoms with van der Waals surface area (Å²) in [6.45, 7) is -0.444. The summed E-state index contributed by atoms with van der Waals surface area (Å²) in [7, 11) is 1.31. The van der Waals surface area contributed by atoms with Crippen molar-refractivity contribution < 1.29 is 18.4 Å². The lowest BCUT2D eigenvalue weighted by atomic mass is 10.1. The Hall–Kier alpha value is -4.32. The molecule has 0 bridgehead atoms. The van der Waals surface area contributed by atoms with Gasteiger partial charge in [-0.15, -0.1) is 22.9 Å². The van der Waals surface area contributed by atoms with E-state index in [2.05, 4.69) is 15.6 Å². The van der Waals surface area contributed by atoms with Crippen LogP contribution in [0.5, 0.6) is 0 Å². The third kappa shape index (κ3) is 5.02. The van der Waals surface area contributed by atoms with Crippen molar-refractivity contribution in [2.24, 2.45) is 0 Å². The predicted octanol–water partition coefficient (Wildman–Crippen LogP) is 5.63. The number of benzene rings is 3. The number of thiophene rings is 1. The molecule has 2 heterocycles. The molecule has 40 heavy (non-hydrogen) atoms. The Morgan fingerprint density at radius 1 is 0.950 bits per heavy atom. The highest BCUT2D eigenvalue weighted by Gasteiger charge is 2.24. The van der Waals surface area contributed by atoms with Crippen LogP contribution in [0.1, 0.15) is 11.1 Å². The van der Waals surface area contributed by atoms with Crippen molar-refractivity contribution in [3.8, 4) is 16.1 Å². The van der Waals surface area contributed by atoms with Gasteiger partial charge in [-0.25, -0.2) is 28.4 Å². The molecule has 0 saturated heterocycles. The van der Waals surface area contributed by atoms with Crippen LogP contribution in [0.25, 0.3) is 26.3 Å². The normalized spacial score (nSPS) is 11.1. The first-order valence-electron chi connectivity index (χ1n) is 11.9. The van der Waals surface area contributed by atoms with E-state index in [1.165, 1.54) is 17.7 Å². The van der Waals surface area contributed by atoms with E-state index in [0.29, 0.717) is 27.4 Å². The van der Waals surface area contributed by atoms with Gasteiger partial charge >= 0.3 is 11.7 Å². The molecule has 2 amide bonds. The van der Waals surface area contributed by atoms with Crippen molar-refractivity contribution in [1.29, 1.82) is 0 Å². The zero-order valence-corrected chi connectivity index (χ0v) is 22.5. The average Bonchev–Trinajstić information content (AvgIpc) is 3.33. The highest BCUT2D eigenvalue weighted by atomic mass is 35.5. The van der Waals surface area contributed by atoms with Crippen LogP contribution in [0.4, 0.5) is 19.3 Å². The molecule has 0 radical (unpaired) electrons. The molecule has 5 aromatic rings. The van der Waals surface area contributed by atoms with E-state index in [0.717, 1.165) is 28.0 Å². The number of para-hydroxylation sites is 1. The first kappa shape index (κ1) is 27.3. The predicted molar refractivity (Wildman–Crippen MR) is 151 cm³/mol. The lowest BCUT2D eigenvalue weighted by molar-refractivity contribution is 0.114. The first-order chi connectivity index (χ1) is 19.3. The van der Waals surface area contributed by atoms with E-state index in [-0.39, 0.29) is 21.7 Å². The smallest absolute Gasteiger partial charge is 0.306 e. The molecule has 2 aromatic heterocycles. The maximum absolute atomic E-state index is 14.7. The Balaban J connectivity index is 1.75. The summed E-state index contributed by atoms with van der Waals surface area (Å²) in [5.74, 6) is -1.69. The Labute approximate surface area is 235 Å². The van der Waals surface area contributed by atoms with Crippen LogP contribution in [0, 0.1) is 11.6 Å². The summed E-state index contributed by atoms with van der Waals surface area (Å²) < 4.78 is 31.5. The van der Waals surface area contributed by atoms with Crippen LogP contribution < -0.4 is 22.0 Å². The van der Waals surface area contributed by atoms with Crippen molar-refractivity contribution in [3.05, 3.63) is 116 Å². The Bertz CT molecular complexity index is 1820. The molecular weight excluding hydrogens is 562 g/mol. The number of hydrogen-bond donors (Lipinski definition) is 2. The number of alkyl halides is 1. The van der Waals surface area contributed by atoms with Crippen LogP contribution in [0.2, 0.25) is 0 Å². The molecule has 204 valence electrons. The number of amides is 2. The molecule has 3 aromatic carbocycles. The van der Waals surface area contributed by atoms with E-state index in [4.69, 9.17) is 11.6 Å². The third-order valence-corrected chi connectivity index (χ3v) is 7.77. The third-order valence-electron chi connectivity index (χ3n) is 6.20. The molecule has 2 N–H and O–H groups in total. The summed E-state index contributed by atoms with van der Waals surface area (Å²) >= 11 is 7.50. The minimum atomic E-state index is -0.813. The van der Waals surface area contributed by atoms with E-state index >= 15 is 0 Å². The fourth-order valence-corrected chi connectivity index (χ4v) is 6.03. The van der Waals surface area contributed by atoms with E-state index in [1.807, 2.05) is 0 Å². The number of aromatic nitrogens is 2. The standard InChI is InChI=1S/C28H21ClF2N4O4S/c1-39-33-27(37)32-17-12-10-16(11-13-17)24-19(14-29)23-25(36)35(18-6-3-2-4-7-18)28(38)34(26(23)40-24)15-20-21(30)8-5-9-22(20)31/h2-13H,14-15H2,1H3,(H2,32,33,37). The number of carbonyl (C=O) groups is 1. The zero-order valence-electron chi connectivity index (χ0n) is 20.9. The van der Waals surface area contributed by atoms with Gasteiger partial charge in [0.05, 0.1) is 24.7 Å².